The summed E-state index contributed by atoms with van der Waals surface area (Å²) in [6.07, 6.45) is 2.17. The normalized spacial score (nSPS) is 17.0. The van der Waals surface area contributed by atoms with Crippen molar-refractivity contribution in [3.63, 3.8) is 0 Å². The first-order chi connectivity index (χ1) is 11.6. The third kappa shape index (κ3) is 4.17. The third-order valence-electron chi connectivity index (χ3n) is 4.26. The zero-order valence-corrected chi connectivity index (χ0v) is 14.1. The van der Waals surface area contributed by atoms with Gasteiger partial charge in [0.05, 0.1) is 6.10 Å². The lowest BCUT2D eigenvalue weighted by Crippen LogP contribution is -2.31. The van der Waals surface area contributed by atoms with Crippen LogP contribution < -0.4 is 10.1 Å². The number of hydrogen-bond acceptors (Lipinski definition) is 4. The van der Waals surface area contributed by atoms with Gasteiger partial charge in [-0.05, 0) is 62.1 Å². The van der Waals surface area contributed by atoms with E-state index in [2.05, 4.69) is 12.2 Å². The molecule has 3 rings (SSSR count). The van der Waals surface area contributed by atoms with Gasteiger partial charge < -0.3 is 19.2 Å². The molecule has 0 saturated carbocycles. The maximum Gasteiger partial charge on any atom is 0.287 e. The van der Waals surface area contributed by atoms with Gasteiger partial charge in [0.25, 0.3) is 5.91 Å². The summed E-state index contributed by atoms with van der Waals surface area (Å²) in [6, 6.07) is 9.39. The zero-order chi connectivity index (χ0) is 16.9. The van der Waals surface area contributed by atoms with Gasteiger partial charge in [-0.1, -0.05) is 6.07 Å². The standard InChI is InChI=1S/C19H23NO4/c1-13-5-6-15(10-14(13)2)23-12-17-7-8-18(24-17)19(21)20-11-16-4-3-9-22-16/h5-8,10,16H,3-4,9,11-12H2,1-2H3,(H,20,21). The van der Waals surface area contributed by atoms with Crippen LogP contribution in [0.4, 0.5) is 0 Å². The molecule has 2 aromatic rings. The molecule has 0 spiro atoms. The van der Waals surface area contributed by atoms with Crippen LogP contribution in [-0.2, 0) is 11.3 Å². The number of hydrogen-bond donors (Lipinski definition) is 1. The first-order valence-electron chi connectivity index (χ1n) is 8.30. The topological polar surface area (TPSA) is 60.7 Å². The lowest BCUT2D eigenvalue weighted by atomic mass is 10.1. The second-order valence-electron chi connectivity index (χ2n) is 6.15. The molecule has 1 N–H and O–H groups in total. The van der Waals surface area contributed by atoms with E-state index in [1.807, 2.05) is 25.1 Å². The van der Waals surface area contributed by atoms with Crippen LogP contribution in [0, 0.1) is 13.8 Å². The zero-order valence-electron chi connectivity index (χ0n) is 14.1. The van der Waals surface area contributed by atoms with Crippen molar-refractivity contribution in [2.24, 2.45) is 0 Å². The van der Waals surface area contributed by atoms with E-state index in [-0.39, 0.29) is 12.0 Å². The van der Waals surface area contributed by atoms with Crippen molar-refractivity contribution in [1.29, 1.82) is 0 Å². The minimum Gasteiger partial charge on any atom is -0.486 e. The van der Waals surface area contributed by atoms with Crippen molar-refractivity contribution in [3.8, 4) is 5.75 Å². The van der Waals surface area contributed by atoms with Crippen LogP contribution >= 0.6 is 0 Å². The van der Waals surface area contributed by atoms with Crippen LogP contribution in [0.25, 0.3) is 0 Å². The summed E-state index contributed by atoms with van der Waals surface area (Å²) >= 11 is 0. The first kappa shape index (κ1) is 16.6. The molecular weight excluding hydrogens is 306 g/mol. The molecule has 0 radical (unpaired) electrons. The molecule has 1 unspecified atom stereocenters. The van der Waals surface area contributed by atoms with E-state index >= 15 is 0 Å². The molecule has 0 aliphatic carbocycles. The van der Waals surface area contributed by atoms with Crippen molar-refractivity contribution >= 4 is 5.91 Å². The monoisotopic (exact) mass is 329 g/mol. The van der Waals surface area contributed by atoms with Gasteiger partial charge in [-0.25, -0.2) is 0 Å². The van der Waals surface area contributed by atoms with Crippen molar-refractivity contribution in [2.45, 2.75) is 39.4 Å². The maximum absolute atomic E-state index is 12.1. The van der Waals surface area contributed by atoms with Crippen LogP contribution in [0.15, 0.2) is 34.7 Å². The number of carbonyl (C=O) groups excluding carboxylic acids is 1. The fourth-order valence-corrected chi connectivity index (χ4v) is 2.63. The Morgan fingerprint density at radius 1 is 1.25 bits per heavy atom. The smallest absolute Gasteiger partial charge is 0.287 e. The Balaban J connectivity index is 1.50. The molecule has 1 atom stereocenters. The van der Waals surface area contributed by atoms with Gasteiger partial charge in [0.2, 0.25) is 0 Å². The lowest BCUT2D eigenvalue weighted by molar-refractivity contribution is 0.0832. The number of benzene rings is 1. The van der Waals surface area contributed by atoms with Gasteiger partial charge in [-0.3, -0.25) is 4.79 Å². The van der Waals surface area contributed by atoms with Crippen molar-refractivity contribution in [1.82, 2.24) is 5.32 Å². The highest BCUT2D eigenvalue weighted by Crippen LogP contribution is 2.18. The highest BCUT2D eigenvalue weighted by atomic mass is 16.5. The second-order valence-corrected chi connectivity index (χ2v) is 6.15. The Hall–Kier alpha value is -2.27. The quantitative estimate of drug-likeness (QED) is 0.882. The molecule has 1 aliphatic rings. The van der Waals surface area contributed by atoms with E-state index in [1.165, 1.54) is 11.1 Å². The molecule has 5 nitrogen and oxygen atoms in total. The summed E-state index contributed by atoms with van der Waals surface area (Å²) < 4.78 is 16.8. The molecule has 0 bridgehead atoms. The Morgan fingerprint density at radius 2 is 2.12 bits per heavy atom. The van der Waals surface area contributed by atoms with Crippen LogP contribution in [0.2, 0.25) is 0 Å². The highest BCUT2D eigenvalue weighted by Gasteiger charge is 2.18. The maximum atomic E-state index is 12.1. The molecule has 2 heterocycles. The van der Waals surface area contributed by atoms with Gasteiger partial charge in [0.15, 0.2) is 5.76 Å². The van der Waals surface area contributed by atoms with Crippen LogP contribution in [0.5, 0.6) is 5.75 Å². The van der Waals surface area contributed by atoms with Crippen LogP contribution in [-0.4, -0.2) is 25.2 Å². The first-order valence-corrected chi connectivity index (χ1v) is 8.30. The third-order valence-corrected chi connectivity index (χ3v) is 4.26. The largest absolute Gasteiger partial charge is 0.486 e. The summed E-state index contributed by atoms with van der Waals surface area (Å²) in [6.45, 7) is 5.70. The van der Waals surface area contributed by atoms with E-state index in [9.17, 15) is 4.79 Å². The molecule has 128 valence electrons. The molecule has 1 saturated heterocycles. The van der Waals surface area contributed by atoms with Crippen molar-refractivity contribution in [3.05, 3.63) is 53.0 Å². The number of aryl methyl sites for hydroxylation is 2. The predicted octanol–water partition coefficient (Wildman–Crippen LogP) is 3.38. The highest BCUT2D eigenvalue weighted by molar-refractivity contribution is 5.91. The SMILES string of the molecule is Cc1ccc(OCc2ccc(C(=O)NCC3CCCO3)o2)cc1C. The molecule has 1 aromatic carbocycles. The fraction of sp³-hybridized carbons (Fsp3) is 0.421. The second kappa shape index (κ2) is 7.53. The van der Waals surface area contributed by atoms with Crippen molar-refractivity contribution < 1.29 is 18.7 Å². The summed E-state index contributed by atoms with van der Waals surface area (Å²) in [7, 11) is 0. The molecule has 5 heteroatoms. The number of carbonyl (C=O) groups is 1. The fourth-order valence-electron chi connectivity index (χ4n) is 2.63. The Morgan fingerprint density at radius 3 is 2.88 bits per heavy atom. The molecule has 1 fully saturated rings. The van der Waals surface area contributed by atoms with E-state index < -0.39 is 0 Å². The molecule has 1 aliphatic heterocycles. The van der Waals surface area contributed by atoms with Crippen LogP contribution in [0.1, 0.15) is 40.3 Å². The van der Waals surface area contributed by atoms with Gasteiger partial charge in [0, 0.05) is 13.2 Å². The molecule has 24 heavy (non-hydrogen) atoms. The van der Waals surface area contributed by atoms with E-state index in [1.54, 1.807) is 12.1 Å². The molecule has 1 amide bonds. The Bertz CT molecular complexity index is 701. The molecular formula is C19H23NO4. The number of rotatable bonds is 6. The number of amides is 1. The van der Waals surface area contributed by atoms with Gasteiger partial charge >= 0.3 is 0 Å². The number of furan rings is 1. The Labute approximate surface area is 141 Å². The van der Waals surface area contributed by atoms with Crippen LogP contribution in [0.3, 0.4) is 0 Å². The average molecular weight is 329 g/mol. The van der Waals surface area contributed by atoms with E-state index in [4.69, 9.17) is 13.9 Å². The lowest BCUT2D eigenvalue weighted by Gasteiger charge is -2.09. The Kier molecular flexibility index (Phi) is 5.20. The van der Waals surface area contributed by atoms with Gasteiger partial charge in [-0.2, -0.15) is 0 Å². The van der Waals surface area contributed by atoms with E-state index in [0.717, 1.165) is 25.2 Å². The summed E-state index contributed by atoms with van der Waals surface area (Å²) in [5, 5.41) is 2.84. The van der Waals surface area contributed by atoms with Crippen molar-refractivity contribution in [2.75, 3.05) is 13.2 Å². The minimum atomic E-state index is -0.220. The van der Waals surface area contributed by atoms with Gasteiger partial charge in [-0.15, -0.1) is 0 Å². The summed E-state index contributed by atoms with van der Waals surface area (Å²) in [4.78, 5) is 12.1. The molecule has 1 aromatic heterocycles. The van der Waals surface area contributed by atoms with Gasteiger partial charge in [0.1, 0.15) is 18.1 Å². The summed E-state index contributed by atoms with van der Waals surface area (Å²) in [5.41, 5.74) is 2.41. The number of ether oxygens (including phenoxy) is 2. The predicted molar refractivity (Wildman–Crippen MR) is 90.3 cm³/mol. The minimum absolute atomic E-state index is 0.122. The number of nitrogens with one attached hydrogen (secondary N) is 1. The van der Waals surface area contributed by atoms with E-state index in [0.29, 0.717) is 24.7 Å². The summed E-state index contributed by atoms with van der Waals surface area (Å²) in [5.74, 6) is 1.49. The average Bonchev–Trinajstić information content (AvgIpc) is 3.25.